The van der Waals surface area contributed by atoms with Gasteiger partial charge in [-0.2, -0.15) is 0 Å². The van der Waals surface area contributed by atoms with E-state index >= 15 is 0 Å². The summed E-state index contributed by atoms with van der Waals surface area (Å²) in [7, 11) is 1.23. The summed E-state index contributed by atoms with van der Waals surface area (Å²) in [5, 5.41) is 12.4. The molecule has 1 saturated carbocycles. The maximum Gasteiger partial charge on any atom is 0.408 e. The van der Waals surface area contributed by atoms with E-state index in [0.717, 1.165) is 0 Å². The lowest BCUT2D eigenvalue weighted by Crippen LogP contribution is -2.60. The SMILES string of the molecule is COC(=O)[C@]1(NC(=O)OC(C)(C)C)CCC[C@H]1O. The fourth-order valence-corrected chi connectivity index (χ4v) is 2.09. The van der Waals surface area contributed by atoms with Crippen LogP contribution in [0, 0.1) is 0 Å². The van der Waals surface area contributed by atoms with Gasteiger partial charge in [-0.3, -0.25) is 0 Å². The van der Waals surface area contributed by atoms with Crippen molar-refractivity contribution >= 4 is 12.1 Å². The summed E-state index contributed by atoms with van der Waals surface area (Å²) in [6.07, 6.45) is -0.233. The number of hydrogen-bond donors (Lipinski definition) is 2. The fourth-order valence-electron chi connectivity index (χ4n) is 2.09. The summed E-state index contributed by atoms with van der Waals surface area (Å²) in [5.74, 6) is -0.640. The Morgan fingerprint density at radius 2 is 2.00 bits per heavy atom. The smallest absolute Gasteiger partial charge is 0.408 e. The Kier molecular flexibility index (Phi) is 4.21. The summed E-state index contributed by atoms with van der Waals surface area (Å²) in [6.45, 7) is 5.17. The molecular weight excluding hydrogens is 238 g/mol. The van der Waals surface area contributed by atoms with Gasteiger partial charge in [0.05, 0.1) is 13.2 Å². The first-order valence-electron chi connectivity index (χ1n) is 5.99. The molecule has 0 heterocycles. The third kappa shape index (κ3) is 3.13. The van der Waals surface area contributed by atoms with E-state index in [-0.39, 0.29) is 0 Å². The van der Waals surface area contributed by atoms with Crippen molar-refractivity contribution in [2.24, 2.45) is 0 Å². The van der Waals surface area contributed by atoms with E-state index in [1.165, 1.54) is 7.11 Å². The van der Waals surface area contributed by atoms with Crippen molar-refractivity contribution in [1.29, 1.82) is 0 Å². The lowest BCUT2D eigenvalue weighted by atomic mass is 9.95. The lowest BCUT2D eigenvalue weighted by molar-refractivity contribution is -0.152. The van der Waals surface area contributed by atoms with Gasteiger partial charge in [-0.15, -0.1) is 0 Å². The van der Waals surface area contributed by atoms with Crippen LogP contribution in [0.25, 0.3) is 0 Å². The minimum atomic E-state index is -1.38. The van der Waals surface area contributed by atoms with Crippen molar-refractivity contribution in [3.8, 4) is 0 Å². The molecular formula is C12H21NO5. The number of ether oxygens (including phenoxy) is 2. The second kappa shape index (κ2) is 5.14. The van der Waals surface area contributed by atoms with Gasteiger partial charge < -0.3 is 19.9 Å². The van der Waals surface area contributed by atoms with Crippen LogP contribution in [0.15, 0.2) is 0 Å². The number of carbonyl (C=O) groups excluding carboxylic acids is 2. The van der Waals surface area contributed by atoms with Crippen LogP contribution in [0.4, 0.5) is 4.79 Å². The van der Waals surface area contributed by atoms with Crippen molar-refractivity contribution < 1.29 is 24.2 Å². The third-order valence-electron chi connectivity index (χ3n) is 2.89. The Morgan fingerprint density at radius 3 is 2.39 bits per heavy atom. The molecule has 0 aromatic heterocycles. The van der Waals surface area contributed by atoms with Gasteiger partial charge in [-0.05, 0) is 40.0 Å². The van der Waals surface area contributed by atoms with Crippen LogP contribution >= 0.6 is 0 Å². The summed E-state index contributed by atoms with van der Waals surface area (Å²) in [5.41, 5.74) is -2.04. The van der Waals surface area contributed by atoms with Crippen molar-refractivity contribution in [3.05, 3.63) is 0 Å². The van der Waals surface area contributed by atoms with E-state index in [9.17, 15) is 14.7 Å². The number of esters is 1. The molecule has 1 rings (SSSR count). The van der Waals surface area contributed by atoms with E-state index in [0.29, 0.717) is 19.3 Å². The molecule has 0 aliphatic heterocycles. The highest BCUT2D eigenvalue weighted by Gasteiger charge is 2.51. The molecule has 6 heteroatoms. The number of hydrogen-bond acceptors (Lipinski definition) is 5. The number of alkyl carbamates (subject to hydrolysis) is 1. The van der Waals surface area contributed by atoms with E-state index < -0.39 is 29.3 Å². The van der Waals surface area contributed by atoms with Crippen LogP contribution in [0.1, 0.15) is 40.0 Å². The quantitative estimate of drug-likeness (QED) is 0.722. The Balaban J connectivity index is 2.81. The maximum absolute atomic E-state index is 11.8. The Hall–Kier alpha value is -1.30. The molecule has 0 saturated heterocycles. The first kappa shape index (κ1) is 14.8. The van der Waals surface area contributed by atoms with E-state index in [1.807, 2.05) is 0 Å². The van der Waals surface area contributed by atoms with Gasteiger partial charge in [0.2, 0.25) is 0 Å². The molecule has 0 aromatic carbocycles. The normalized spacial score (nSPS) is 27.7. The number of methoxy groups -OCH3 is 1. The predicted molar refractivity (Wildman–Crippen MR) is 64.0 cm³/mol. The van der Waals surface area contributed by atoms with Gasteiger partial charge in [0.25, 0.3) is 0 Å². The fraction of sp³-hybridized carbons (Fsp3) is 0.833. The molecule has 0 bridgehead atoms. The number of amides is 1. The predicted octanol–water partition coefficient (Wildman–Crippen LogP) is 0.968. The Bertz CT molecular complexity index is 336. The highest BCUT2D eigenvalue weighted by Crippen LogP contribution is 2.31. The van der Waals surface area contributed by atoms with Crippen molar-refractivity contribution in [1.82, 2.24) is 5.32 Å². The van der Waals surface area contributed by atoms with E-state index in [1.54, 1.807) is 20.8 Å². The van der Waals surface area contributed by atoms with Crippen LogP contribution in [0.3, 0.4) is 0 Å². The van der Waals surface area contributed by atoms with Gasteiger partial charge in [-0.1, -0.05) is 0 Å². The van der Waals surface area contributed by atoms with Gasteiger partial charge in [0, 0.05) is 0 Å². The molecule has 1 aliphatic carbocycles. The highest BCUT2D eigenvalue weighted by molar-refractivity contribution is 5.87. The minimum Gasteiger partial charge on any atom is -0.467 e. The molecule has 0 radical (unpaired) electrons. The molecule has 2 N–H and O–H groups in total. The van der Waals surface area contributed by atoms with Crippen LogP contribution in [-0.2, 0) is 14.3 Å². The van der Waals surface area contributed by atoms with Crippen LogP contribution in [0.5, 0.6) is 0 Å². The molecule has 6 nitrogen and oxygen atoms in total. The largest absolute Gasteiger partial charge is 0.467 e. The lowest BCUT2D eigenvalue weighted by Gasteiger charge is -2.31. The molecule has 2 atom stereocenters. The van der Waals surface area contributed by atoms with Crippen molar-refractivity contribution in [2.45, 2.75) is 57.3 Å². The molecule has 1 fully saturated rings. The average molecular weight is 259 g/mol. The molecule has 0 unspecified atom stereocenters. The number of nitrogens with one attached hydrogen (secondary N) is 1. The first-order chi connectivity index (χ1) is 8.21. The number of aliphatic hydroxyl groups excluding tert-OH is 1. The summed E-state index contributed by atoms with van der Waals surface area (Å²) in [6, 6.07) is 0. The Labute approximate surface area is 107 Å². The first-order valence-corrected chi connectivity index (χ1v) is 5.99. The molecule has 1 amide bonds. The Morgan fingerprint density at radius 1 is 1.39 bits per heavy atom. The van der Waals surface area contributed by atoms with Crippen LogP contribution in [0.2, 0.25) is 0 Å². The zero-order chi connectivity index (χ0) is 14.0. The van der Waals surface area contributed by atoms with Crippen molar-refractivity contribution in [3.63, 3.8) is 0 Å². The number of carbonyl (C=O) groups is 2. The summed E-state index contributed by atoms with van der Waals surface area (Å²) in [4.78, 5) is 23.5. The van der Waals surface area contributed by atoms with Gasteiger partial charge in [0.15, 0.2) is 5.54 Å². The molecule has 0 spiro atoms. The molecule has 1 aliphatic rings. The van der Waals surface area contributed by atoms with Gasteiger partial charge >= 0.3 is 12.1 Å². The van der Waals surface area contributed by atoms with Crippen molar-refractivity contribution in [2.75, 3.05) is 7.11 Å². The molecule has 18 heavy (non-hydrogen) atoms. The van der Waals surface area contributed by atoms with Crippen LogP contribution in [-0.4, -0.2) is 41.5 Å². The zero-order valence-electron chi connectivity index (χ0n) is 11.3. The maximum atomic E-state index is 11.8. The van der Waals surface area contributed by atoms with Gasteiger partial charge in [0.1, 0.15) is 5.60 Å². The second-order valence-corrected chi connectivity index (χ2v) is 5.50. The topological polar surface area (TPSA) is 84.9 Å². The minimum absolute atomic E-state index is 0.347. The summed E-state index contributed by atoms with van der Waals surface area (Å²) < 4.78 is 9.77. The number of rotatable bonds is 2. The molecule has 104 valence electrons. The highest BCUT2D eigenvalue weighted by atomic mass is 16.6. The van der Waals surface area contributed by atoms with E-state index in [4.69, 9.17) is 4.74 Å². The molecule has 0 aromatic rings. The van der Waals surface area contributed by atoms with E-state index in [2.05, 4.69) is 10.1 Å². The summed E-state index contributed by atoms with van der Waals surface area (Å²) >= 11 is 0. The number of aliphatic hydroxyl groups is 1. The second-order valence-electron chi connectivity index (χ2n) is 5.50. The standard InChI is InChI=1S/C12H21NO5/c1-11(2,3)18-10(16)13-12(9(15)17-4)7-5-6-8(12)14/h8,14H,5-7H2,1-4H3,(H,13,16)/t8-,12+/m1/s1. The average Bonchev–Trinajstić information content (AvgIpc) is 2.57. The monoisotopic (exact) mass is 259 g/mol. The van der Waals surface area contributed by atoms with Crippen LogP contribution < -0.4 is 5.32 Å². The third-order valence-corrected chi connectivity index (χ3v) is 2.89. The zero-order valence-corrected chi connectivity index (χ0v) is 11.3. The van der Waals surface area contributed by atoms with Gasteiger partial charge in [-0.25, -0.2) is 9.59 Å².